The molecule has 3 N–H and O–H groups in total. The lowest BCUT2D eigenvalue weighted by atomic mass is 9.98. The minimum Gasteiger partial charge on any atom is -0.453 e. The summed E-state index contributed by atoms with van der Waals surface area (Å²) in [6.07, 6.45) is 3.33. The molecule has 0 bridgehead atoms. The van der Waals surface area contributed by atoms with Gasteiger partial charge in [-0.1, -0.05) is 92.7 Å². The number of alkyl halides is 2. The third kappa shape index (κ3) is 8.38. The number of ether oxygens (including phenoxy) is 2. The summed E-state index contributed by atoms with van der Waals surface area (Å²) in [5.74, 6) is -3.12. The van der Waals surface area contributed by atoms with Crippen molar-refractivity contribution in [3.8, 4) is 33.6 Å². The van der Waals surface area contributed by atoms with Crippen molar-refractivity contribution < 1.29 is 32.6 Å². The number of likely N-dealkylation sites (tertiary alicyclic amines) is 2. The Hall–Kier alpha value is -6.57. The molecule has 0 aliphatic carbocycles. The molecule has 4 heterocycles. The number of carbonyl (C=O) groups is 3. The van der Waals surface area contributed by atoms with E-state index >= 15 is 0 Å². The van der Waals surface area contributed by atoms with Crippen LogP contribution in [0.3, 0.4) is 0 Å². The number of nitrogens with zero attached hydrogens (tertiary/aromatic N) is 4. The predicted octanol–water partition coefficient (Wildman–Crippen LogP) is 9.05. The summed E-state index contributed by atoms with van der Waals surface area (Å²) in [5.41, 5.74) is 6.23. The van der Waals surface area contributed by atoms with E-state index in [4.69, 9.17) is 4.74 Å². The zero-order chi connectivity index (χ0) is 41.3. The highest BCUT2D eigenvalue weighted by Crippen LogP contribution is 2.41. The van der Waals surface area contributed by atoms with Gasteiger partial charge in [0.2, 0.25) is 5.91 Å². The van der Waals surface area contributed by atoms with Crippen molar-refractivity contribution in [2.45, 2.75) is 63.8 Å². The number of hydrogen-bond donors (Lipinski definition) is 3. The summed E-state index contributed by atoms with van der Waals surface area (Å²) in [4.78, 5) is 57.0. The number of nitrogens with one attached hydrogen (secondary N) is 3. The van der Waals surface area contributed by atoms with Crippen molar-refractivity contribution in [1.82, 2.24) is 35.1 Å². The molecule has 0 unspecified atom stereocenters. The van der Waals surface area contributed by atoms with E-state index in [9.17, 15) is 23.2 Å². The molecule has 0 spiro atoms. The smallest absolute Gasteiger partial charge is 0.410 e. The minimum absolute atomic E-state index is 0.182. The number of fused-ring (bicyclic) bond motifs is 1. The molecule has 2 saturated heterocycles. The average molecular weight is 802 g/mol. The molecular formula is C45H45F2N7O5. The lowest BCUT2D eigenvalue weighted by Gasteiger charge is -2.29. The van der Waals surface area contributed by atoms with Crippen LogP contribution in [0.1, 0.15) is 62.4 Å². The fourth-order valence-electron chi connectivity index (χ4n) is 7.98. The molecule has 14 heteroatoms. The van der Waals surface area contributed by atoms with E-state index in [1.807, 2.05) is 60.8 Å². The first kappa shape index (κ1) is 39.3. The summed E-state index contributed by atoms with van der Waals surface area (Å²) in [5, 5.41) is 4.60. The third-order valence-electron chi connectivity index (χ3n) is 11.1. The fraction of sp³-hybridized carbons (Fsp3) is 0.311. The number of benzene rings is 4. The zero-order valence-electron chi connectivity index (χ0n) is 33.0. The Labute approximate surface area is 340 Å². The van der Waals surface area contributed by atoms with Crippen LogP contribution in [-0.4, -0.2) is 80.0 Å². The summed E-state index contributed by atoms with van der Waals surface area (Å²) in [6.45, 7) is 3.51. The van der Waals surface area contributed by atoms with Gasteiger partial charge in [0.1, 0.15) is 24.3 Å². The van der Waals surface area contributed by atoms with E-state index in [1.165, 1.54) is 7.11 Å². The molecule has 8 rings (SSSR count). The van der Waals surface area contributed by atoms with Gasteiger partial charge in [0.25, 0.3) is 5.92 Å². The van der Waals surface area contributed by atoms with Crippen molar-refractivity contribution in [3.05, 3.63) is 121 Å². The molecule has 12 nitrogen and oxygen atoms in total. The molecule has 2 fully saturated rings. The molecule has 3 atom stereocenters. The molecule has 2 aliphatic heterocycles. The highest BCUT2D eigenvalue weighted by atomic mass is 19.3. The Balaban J connectivity index is 0.938. The van der Waals surface area contributed by atoms with Gasteiger partial charge in [-0.2, -0.15) is 0 Å². The largest absolute Gasteiger partial charge is 0.453 e. The lowest BCUT2D eigenvalue weighted by molar-refractivity contribution is -0.136. The van der Waals surface area contributed by atoms with Crippen molar-refractivity contribution in [2.75, 3.05) is 20.2 Å². The number of amides is 3. The molecule has 4 aromatic carbocycles. The number of aromatic nitrogens is 4. The van der Waals surface area contributed by atoms with Crippen LogP contribution in [0.25, 0.3) is 44.4 Å². The van der Waals surface area contributed by atoms with Crippen molar-refractivity contribution in [2.24, 2.45) is 5.92 Å². The highest BCUT2D eigenvalue weighted by molar-refractivity contribution is 5.91. The van der Waals surface area contributed by atoms with Crippen LogP contribution in [0.4, 0.5) is 18.4 Å². The molecule has 2 aromatic heterocycles. The Morgan fingerprint density at radius 2 is 1.42 bits per heavy atom. The van der Waals surface area contributed by atoms with Crippen LogP contribution in [0.5, 0.6) is 0 Å². The summed E-state index contributed by atoms with van der Waals surface area (Å²) < 4.78 is 39.9. The van der Waals surface area contributed by atoms with Gasteiger partial charge in [-0.25, -0.2) is 28.3 Å². The monoisotopic (exact) mass is 801 g/mol. The second kappa shape index (κ2) is 16.4. The van der Waals surface area contributed by atoms with Crippen LogP contribution in [0.15, 0.2) is 103 Å². The van der Waals surface area contributed by atoms with Crippen LogP contribution < -0.4 is 5.32 Å². The number of rotatable bonds is 10. The lowest BCUT2D eigenvalue weighted by Crippen LogP contribution is -2.51. The van der Waals surface area contributed by atoms with Crippen LogP contribution >= 0.6 is 0 Å². The topological polar surface area (TPSA) is 146 Å². The zero-order valence-corrected chi connectivity index (χ0v) is 33.0. The van der Waals surface area contributed by atoms with Gasteiger partial charge in [0.15, 0.2) is 0 Å². The van der Waals surface area contributed by atoms with Gasteiger partial charge < -0.3 is 29.7 Å². The predicted molar refractivity (Wildman–Crippen MR) is 218 cm³/mol. The summed E-state index contributed by atoms with van der Waals surface area (Å²) in [6, 6.07) is 27.8. The van der Waals surface area contributed by atoms with E-state index < -0.39 is 43.0 Å². The van der Waals surface area contributed by atoms with Gasteiger partial charge in [-0.15, -0.1) is 0 Å². The van der Waals surface area contributed by atoms with E-state index in [0.717, 1.165) is 67.8 Å². The van der Waals surface area contributed by atoms with Gasteiger partial charge in [0, 0.05) is 18.5 Å². The van der Waals surface area contributed by atoms with E-state index in [1.54, 1.807) is 24.9 Å². The maximum atomic E-state index is 14.8. The fourth-order valence-corrected chi connectivity index (χ4v) is 7.98. The van der Waals surface area contributed by atoms with Crippen molar-refractivity contribution in [3.63, 3.8) is 0 Å². The molecule has 2 aliphatic rings. The van der Waals surface area contributed by atoms with Crippen LogP contribution in [0, 0.1) is 5.92 Å². The Kier molecular flexibility index (Phi) is 10.9. The second-order valence-corrected chi connectivity index (χ2v) is 15.5. The third-order valence-corrected chi connectivity index (χ3v) is 11.1. The number of carbonyl (C=O) groups excluding carboxylic acids is 3. The molecule has 3 amide bonds. The standard InChI is InChI=1S/C45H45F2N7O5/c1-27(2)39(52-43(56)58-3)42(55)54-26-45(46,47)22-38(54)41-49-23-35(50-41)30-13-11-29(12-14-30)31-15-16-33-21-34(18-17-32(33)20-31)36-24-48-40(51-36)37-10-7-19-53(37)44(57)59-25-28-8-5-4-6-9-28/h4-6,8-9,11-18,20-21,23-24,27,37-39H,7,10,19,22,25-26H2,1-3H3,(H,48,51)(H,49,50)(H,52,56)/t37-,38-,39-/m0/s1. The average Bonchev–Trinajstić information content (AvgIpc) is 4.08. The molecular weight excluding hydrogens is 757 g/mol. The van der Waals surface area contributed by atoms with E-state index in [2.05, 4.69) is 66.4 Å². The molecule has 0 radical (unpaired) electrons. The maximum absolute atomic E-state index is 14.8. The second-order valence-electron chi connectivity index (χ2n) is 15.5. The number of H-pyrrole nitrogens is 2. The summed E-state index contributed by atoms with van der Waals surface area (Å²) in [7, 11) is 1.18. The SMILES string of the molecule is COC(=O)N[C@H](C(=O)N1CC(F)(F)C[C@H]1c1ncc(-c2ccc(-c3ccc4cc(-c5cnc([C@@H]6CCCN6C(=O)OCc6ccccc6)[nH]5)ccc4c3)cc2)[nH]1)C(C)C. The number of halogens is 2. The van der Waals surface area contributed by atoms with Gasteiger partial charge in [0.05, 0.1) is 49.5 Å². The van der Waals surface area contributed by atoms with Gasteiger partial charge in [-0.05, 0) is 63.9 Å². The van der Waals surface area contributed by atoms with Crippen LogP contribution in [-0.2, 0) is 20.9 Å². The Morgan fingerprint density at radius 3 is 2.10 bits per heavy atom. The number of hydrogen-bond acceptors (Lipinski definition) is 7. The number of aromatic amines is 2. The minimum atomic E-state index is -3.12. The number of alkyl carbamates (subject to hydrolysis) is 1. The van der Waals surface area contributed by atoms with E-state index in [0.29, 0.717) is 12.2 Å². The highest BCUT2D eigenvalue weighted by Gasteiger charge is 2.50. The summed E-state index contributed by atoms with van der Waals surface area (Å²) >= 11 is 0. The van der Waals surface area contributed by atoms with E-state index in [-0.39, 0.29) is 30.5 Å². The molecule has 304 valence electrons. The first-order valence-electron chi connectivity index (χ1n) is 19.7. The Morgan fingerprint density at radius 1 is 0.814 bits per heavy atom. The normalized spacial score (nSPS) is 18.0. The van der Waals surface area contributed by atoms with Crippen molar-refractivity contribution >= 4 is 28.9 Å². The van der Waals surface area contributed by atoms with Crippen LogP contribution in [0.2, 0.25) is 0 Å². The molecule has 6 aromatic rings. The number of imidazole rings is 2. The van der Waals surface area contributed by atoms with Crippen molar-refractivity contribution in [1.29, 1.82) is 0 Å². The molecule has 0 saturated carbocycles. The maximum Gasteiger partial charge on any atom is 0.410 e. The Bertz CT molecular complexity index is 2470. The quantitative estimate of drug-likeness (QED) is 0.125. The first-order chi connectivity index (χ1) is 28.5. The molecule has 59 heavy (non-hydrogen) atoms. The first-order valence-corrected chi connectivity index (χ1v) is 19.7. The van der Waals surface area contributed by atoms with Gasteiger partial charge >= 0.3 is 12.2 Å². The number of methoxy groups -OCH3 is 1. The van der Waals surface area contributed by atoms with Gasteiger partial charge in [-0.3, -0.25) is 9.69 Å².